The number of Topliss-reactive ketones (excluding diaryl/α,β-unsaturated/α-hetero) is 1. The molecule has 2 N–H and O–H groups in total. The number of aliphatic hydroxyl groups excluding tert-OH is 2. The van der Waals surface area contributed by atoms with Crippen molar-refractivity contribution in [3.8, 4) is 0 Å². The van der Waals surface area contributed by atoms with Crippen molar-refractivity contribution in [1.82, 2.24) is 0 Å². The number of halogens is 1. The van der Waals surface area contributed by atoms with Crippen LogP contribution in [0.4, 0.5) is 0 Å². The van der Waals surface area contributed by atoms with Gasteiger partial charge in [-0.3, -0.25) is 4.79 Å². The average Bonchev–Trinajstić information content (AvgIpc) is 2.38. The van der Waals surface area contributed by atoms with Crippen LogP contribution in [0.3, 0.4) is 0 Å². The molecule has 2 unspecified atom stereocenters. The number of carbonyl (C=O) groups excluding carboxylic acids is 1. The molecule has 0 aromatic heterocycles. The first-order valence-corrected chi connectivity index (χ1v) is 6.20. The summed E-state index contributed by atoms with van der Waals surface area (Å²) in [6.07, 6.45) is -0.131. The molecule has 0 amide bonds. The zero-order valence-corrected chi connectivity index (χ0v) is 10.3. The summed E-state index contributed by atoms with van der Waals surface area (Å²) in [5.74, 6) is -0.0890. The fraction of sp³-hybridized carbons (Fsp3) is 0.462. The fourth-order valence-corrected chi connectivity index (χ4v) is 1.70. The lowest BCUT2D eigenvalue weighted by Crippen LogP contribution is -2.21. The van der Waals surface area contributed by atoms with E-state index in [0.29, 0.717) is 24.8 Å². The summed E-state index contributed by atoms with van der Waals surface area (Å²) in [6, 6.07) is 8.70. The molecule has 17 heavy (non-hydrogen) atoms. The van der Waals surface area contributed by atoms with Crippen molar-refractivity contribution in [2.75, 3.05) is 5.88 Å². The van der Waals surface area contributed by atoms with E-state index in [0.717, 1.165) is 0 Å². The third kappa shape index (κ3) is 4.86. The maximum absolute atomic E-state index is 11.8. The molecule has 3 nitrogen and oxygen atoms in total. The number of hydrogen-bond donors (Lipinski definition) is 2. The second kappa shape index (κ2) is 7.43. The number of aliphatic hydroxyl groups is 2. The van der Waals surface area contributed by atoms with Gasteiger partial charge in [0.15, 0.2) is 5.78 Å². The zero-order chi connectivity index (χ0) is 12.7. The van der Waals surface area contributed by atoms with Gasteiger partial charge in [-0.05, 0) is 19.3 Å². The van der Waals surface area contributed by atoms with Crippen molar-refractivity contribution >= 4 is 17.4 Å². The molecule has 4 heteroatoms. The first kappa shape index (κ1) is 14.2. The predicted molar refractivity (Wildman–Crippen MR) is 67.4 cm³/mol. The monoisotopic (exact) mass is 256 g/mol. The minimum absolute atomic E-state index is 0.183. The number of hydrogen-bond acceptors (Lipinski definition) is 3. The molecule has 0 heterocycles. The molecule has 0 spiro atoms. The average molecular weight is 257 g/mol. The topological polar surface area (TPSA) is 57.5 Å². The molecule has 0 aliphatic rings. The quantitative estimate of drug-likeness (QED) is 0.580. The first-order chi connectivity index (χ1) is 8.15. The summed E-state index contributed by atoms with van der Waals surface area (Å²) >= 11 is 5.45. The number of alkyl halides is 1. The summed E-state index contributed by atoms with van der Waals surface area (Å²) in [4.78, 5) is 11.8. The van der Waals surface area contributed by atoms with E-state index in [1.807, 2.05) is 6.07 Å². The molecule has 0 fully saturated rings. The molecular weight excluding hydrogens is 240 g/mol. The van der Waals surface area contributed by atoms with E-state index in [9.17, 15) is 15.0 Å². The van der Waals surface area contributed by atoms with Gasteiger partial charge >= 0.3 is 0 Å². The number of rotatable bonds is 7. The normalized spacial score (nSPS) is 14.3. The van der Waals surface area contributed by atoms with E-state index in [4.69, 9.17) is 11.6 Å². The Morgan fingerprint density at radius 1 is 1.18 bits per heavy atom. The molecule has 0 bridgehead atoms. The van der Waals surface area contributed by atoms with E-state index in [2.05, 4.69) is 0 Å². The first-order valence-electron chi connectivity index (χ1n) is 5.66. The maximum Gasteiger partial charge on any atom is 0.191 e. The van der Waals surface area contributed by atoms with Crippen molar-refractivity contribution in [2.45, 2.75) is 31.5 Å². The van der Waals surface area contributed by atoms with Gasteiger partial charge in [-0.15, -0.1) is 11.6 Å². The molecule has 0 aliphatic heterocycles. The third-order valence-corrected chi connectivity index (χ3v) is 2.91. The van der Waals surface area contributed by atoms with Gasteiger partial charge < -0.3 is 10.2 Å². The van der Waals surface area contributed by atoms with Crippen LogP contribution in [-0.4, -0.2) is 34.1 Å². The van der Waals surface area contributed by atoms with Crippen molar-refractivity contribution in [3.05, 3.63) is 35.9 Å². The molecular formula is C13H17ClO3. The summed E-state index contributed by atoms with van der Waals surface area (Å²) in [6.45, 7) is 0. The number of ketones is 1. The van der Waals surface area contributed by atoms with Crippen LogP contribution in [-0.2, 0) is 0 Å². The van der Waals surface area contributed by atoms with Gasteiger partial charge in [-0.25, -0.2) is 0 Å². The fourth-order valence-electron chi connectivity index (χ4n) is 1.55. The molecule has 1 aromatic rings. The molecule has 0 saturated carbocycles. The highest BCUT2D eigenvalue weighted by Crippen LogP contribution is 2.10. The van der Waals surface area contributed by atoms with Crippen molar-refractivity contribution < 1.29 is 15.0 Å². The maximum atomic E-state index is 11.8. The molecule has 1 aromatic carbocycles. The Morgan fingerprint density at radius 2 is 1.82 bits per heavy atom. The Balaban J connectivity index is 2.38. The van der Waals surface area contributed by atoms with Crippen LogP contribution >= 0.6 is 11.6 Å². The van der Waals surface area contributed by atoms with Crippen LogP contribution in [0.1, 0.15) is 29.6 Å². The molecule has 2 atom stereocenters. The smallest absolute Gasteiger partial charge is 0.191 e. The van der Waals surface area contributed by atoms with Gasteiger partial charge in [-0.1, -0.05) is 30.3 Å². The Kier molecular flexibility index (Phi) is 6.19. The highest BCUT2D eigenvalue weighted by atomic mass is 35.5. The standard InChI is InChI=1S/C13H17ClO3/c14-9-11(15)7-4-8-12(16)13(17)10-5-2-1-3-6-10/h1-3,5-6,11-12,15-16H,4,7-9H2. The van der Waals surface area contributed by atoms with E-state index in [1.54, 1.807) is 24.3 Å². The second-order valence-electron chi connectivity index (χ2n) is 3.99. The Hall–Kier alpha value is -0.900. The summed E-state index contributed by atoms with van der Waals surface area (Å²) in [7, 11) is 0. The van der Waals surface area contributed by atoms with Crippen molar-refractivity contribution in [3.63, 3.8) is 0 Å². The van der Waals surface area contributed by atoms with Crippen LogP contribution in [0.2, 0.25) is 0 Å². The SMILES string of the molecule is O=C(c1ccccc1)C(O)CCCC(O)CCl. The van der Waals surface area contributed by atoms with Gasteiger partial charge in [-0.2, -0.15) is 0 Å². The predicted octanol–water partition coefficient (Wildman–Crippen LogP) is 2.00. The van der Waals surface area contributed by atoms with E-state index in [1.165, 1.54) is 0 Å². The molecule has 0 aliphatic carbocycles. The largest absolute Gasteiger partial charge is 0.392 e. The third-order valence-electron chi connectivity index (χ3n) is 2.55. The summed E-state index contributed by atoms with van der Waals surface area (Å²) in [5, 5.41) is 18.9. The number of carbonyl (C=O) groups is 1. The zero-order valence-electron chi connectivity index (χ0n) is 9.55. The lowest BCUT2D eigenvalue weighted by molar-refractivity contribution is 0.0714. The highest BCUT2D eigenvalue weighted by molar-refractivity contribution is 6.18. The Morgan fingerprint density at radius 3 is 2.41 bits per heavy atom. The lowest BCUT2D eigenvalue weighted by Gasteiger charge is -2.11. The molecule has 0 saturated heterocycles. The second-order valence-corrected chi connectivity index (χ2v) is 4.29. The summed E-state index contributed by atoms with van der Waals surface area (Å²) < 4.78 is 0. The minimum Gasteiger partial charge on any atom is -0.392 e. The van der Waals surface area contributed by atoms with Crippen LogP contribution in [0, 0.1) is 0 Å². The van der Waals surface area contributed by atoms with Crippen LogP contribution < -0.4 is 0 Å². The van der Waals surface area contributed by atoms with Crippen molar-refractivity contribution in [2.24, 2.45) is 0 Å². The van der Waals surface area contributed by atoms with E-state index < -0.39 is 12.2 Å². The highest BCUT2D eigenvalue weighted by Gasteiger charge is 2.16. The van der Waals surface area contributed by atoms with E-state index >= 15 is 0 Å². The number of benzene rings is 1. The van der Waals surface area contributed by atoms with Crippen LogP contribution in [0.25, 0.3) is 0 Å². The molecule has 0 radical (unpaired) electrons. The minimum atomic E-state index is -1.00. The van der Waals surface area contributed by atoms with Crippen LogP contribution in [0.15, 0.2) is 30.3 Å². The van der Waals surface area contributed by atoms with Gasteiger partial charge in [0.1, 0.15) is 6.10 Å². The van der Waals surface area contributed by atoms with Gasteiger partial charge in [0.25, 0.3) is 0 Å². The lowest BCUT2D eigenvalue weighted by atomic mass is 10.0. The van der Waals surface area contributed by atoms with Crippen molar-refractivity contribution in [1.29, 1.82) is 0 Å². The van der Waals surface area contributed by atoms with Gasteiger partial charge in [0.05, 0.1) is 6.10 Å². The van der Waals surface area contributed by atoms with Gasteiger partial charge in [0.2, 0.25) is 0 Å². The molecule has 94 valence electrons. The molecule has 1 rings (SSSR count). The summed E-state index contributed by atoms with van der Waals surface area (Å²) in [5.41, 5.74) is 0.512. The van der Waals surface area contributed by atoms with E-state index in [-0.39, 0.29) is 11.7 Å². The van der Waals surface area contributed by atoms with Crippen LogP contribution in [0.5, 0.6) is 0 Å². The Bertz CT molecular complexity index is 340. The van der Waals surface area contributed by atoms with Gasteiger partial charge in [0, 0.05) is 11.4 Å². The Labute approximate surface area is 106 Å².